The zero-order chi connectivity index (χ0) is 18.0. The first kappa shape index (κ1) is 17.6. The Morgan fingerprint density at radius 1 is 1.04 bits per heavy atom. The molecule has 1 N–H and O–H groups in total. The Morgan fingerprint density at radius 2 is 1.64 bits per heavy atom. The summed E-state index contributed by atoms with van der Waals surface area (Å²) in [6, 6.07) is 5.44. The van der Waals surface area contributed by atoms with Gasteiger partial charge in [-0.15, -0.1) is 0 Å². The minimum atomic E-state index is -1.08. The van der Waals surface area contributed by atoms with Gasteiger partial charge in [0.2, 0.25) is 5.91 Å². The molecular formula is C19H24NO5-. The predicted molar refractivity (Wildman–Crippen MR) is 88.8 cm³/mol. The number of carbonyl (C=O) groups excluding carboxylic acids is 2. The van der Waals surface area contributed by atoms with E-state index in [4.69, 9.17) is 9.47 Å². The second kappa shape index (κ2) is 7.33. The molecule has 0 unspecified atom stereocenters. The number of nitrogens with one attached hydrogen (secondary N) is 1. The number of carboxylic acids is 1. The van der Waals surface area contributed by atoms with Gasteiger partial charge in [0, 0.05) is 24.3 Å². The SMILES string of the molecule is COc1ccc(CNC(=O)[C@H]2C3CCC(CC3)[C@@H]2C(=O)[O-])cc1OC. The first-order valence-corrected chi connectivity index (χ1v) is 8.74. The van der Waals surface area contributed by atoms with Crippen LogP contribution in [-0.4, -0.2) is 26.1 Å². The third kappa shape index (κ3) is 3.43. The summed E-state index contributed by atoms with van der Waals surface area (Å²) in [6.07, 6.45) is 3.65. The van der Waals surface area contributed by atoms with E-state index < -0.39 is 17.8 Å². The molecule has 3 aliphatic rings. The van der Waals surface area contributed by atoms with Crippen molar-refractivity contribution < 1.29 is 24.2 Å². The van der Waals surface area contributed by atoms with Crippen molar-refractivity contribution in [2.24, 2.45) is 23.7 Å². The molecule has 3 saturated carbocycles. The molecule has 0 spiro atoms. The highest BCUT2D eigenvalue weighted by Gasteiger charge is 2.47. The Kier molecular flexibility index (Phi) is 5.16. The number of carboxylic acid groups (broad SMARTS) is 1. The number of carbonyl (C=O) groups is 2. The second-order valence-corrected chi connectivity index (χ2v) is 6.95. The Morgan fingerprint density at radius 3 is 2.20 bits per heavy atom. The fourth-order valence-corrected chi connectivity index (χ4v) is 4.46. The fraction of sp³-hybridized carbons (Fsp3) is 0.579. The molecule has 0 aromatic heterocycles. The monoisotopic (exact) mass is 346 g/mol. The lowest BCUT2D eigenvalue weighted by molar-refractivity contribution is -0.318. The maximum atomic E-state index is 12.7. The summed E-state index contributed by atoms with van der Waals surface area (Å²) in [5.41, 5.74) is 0.872. The number of hydrogen-bond acceptors (Lipinski definition) is 5. The van der Waals surface area contributed by atoms with E-state index in [1.807, 2.05) is 12.1 Å². The van der Waals surface area contributed by atoms with Crippen LogP contribution in [0.2, 0.25) is 0 Å². The number of fused-ring (bicyclic) bond motifs is 3. The molecule has 0 saturated heterocycles. The van der Waals surface area contributed by atoms with Crippen molar-refractivity contribution >= 4 is 11.9 Å². The van der Waals surface area contributed by atoms with E-state index in [-0.39, 0.29) is 17.7 Å². The normalized spacial score (nSPS) is 27.6. The molecule has 3 aliphatic carbocycles. The van der Waals surface area contributed by atoms with E-state index >= 15 is 0 Å². The van der Waals surface area contributed by atoms with Gasteiger partial charge in [0.25, 0.3) is 0 Å². The van der Waals surface area contributed by atoms with E-state index in [1.54, 1.807) is 20.3 Å². The van der Waals surface area contributed by atoms with Crippen LogP contribution >= 0.6 is 0 Å². The van der Waals surface area contributed by atoms with Gasteiger partial charge in [-0.05, 0) is 55.2 Å². The fourth-order valence-electron chi connectivity index (χ4n) is 4.46. The van der Waals surface area contributed by atoms with Crippen LogP contribution in [0.5, 0.6) is 11.5 Å². The van der Waals surface area contributed by atoms with Gasteiger partial charge >= 0.3 is 0 Å². The van der Waals surface area contributed by atoms with Crippen molar-refractivity contribution in [2.75, 3.05) is 14.2 Å². The standard InChI is InChI=1S/C19H25NO5/c1-24-14-8-3-11(9-15(14)25-2)10-20-18(21)16-12-4-6-13(7-5-12)17(16)19(22)23/h3,8-9,12-13,16-17H,4-7,10H2,1-2H3,(H,20,21)(H,22,23)/p-1/t12?,13?,16-,17-/m0/s1. The summed E-state index contributed by atoms with van der Waals surface area (Å²) in [4.78, 5) is 24.3. The van der Waals surface area contributed by atoms with Crippen molar-refractivity contribution in [3.05, 3.63) is 23.8 Å². The number of aliphatic carboxylic acids is 1. The van der Waals surface area contributed by atoms with Crippen LogP contribution in [0.3, 0.4) is 0 Å². The molecule has 1 aromatic carbocycles. The van der Waals surface area contributed by atoms with Crippen LogP contribution < -0.4 is 19.9 Å². The molecule has 1 aromatic rings. The molecule has 6 heteroatoms. The number of methoxy groups -OCH3 is 2. The molecule has 0 radical (unpaired) electrons. The lowest BCUT2D eigenvalue weighted by Gasteiger charge is -2.48. The number of rotatable bonds is 6. The molecule has 4 rings (SSSR count). The van der Waals surface area contributed by atoms with Crippen LogP contribution in [0, 0.1) is 23.7 Å². The highest BCUT2D eigenvalue weighted by atomic mass is 16.5. The first-order chi connectivity index (χ1) is 12.0. The van der Waals surface area contributed by atoms with Crippen molar-refractivity contribution in [3.8, 4) is 11.5 Å². The van der Waals surface area contributed by atoms with E-state index in [0.29, 0.717) is 18.0 Å². The summed E-state index contributed by atoms with van der Waals surface area (Å²) in [6.45, 7) is 0.326. The highest BCUT2D eigenvalue weighted by Crippen LogP contribution is 2.48. The van der Waals surface area contributed by atoms with E-state index in [1.165, 1.54) is 0 Å². The van der Waals surface area contributed by atoms with E-state index in [0.717, 1.165) is 31.2 Å². The van der Waals surface area contributed by atoms with E-state index in [9.17, 15) is 14.7 Å². The topological polar surface area (TPSA) is 87.7 Å². The Labute approximate surface area is 147 Å². The molecule has 1 amide bonds. The van der Waals surface area contributed by atoms with Crippen LogP contribution in [0.1, 0.15) is 31.2 Å². The smallest absolute Gasteiger partial charge is 0.224 e. The molecule has 0 heterocycles. The quantitative estimate of drug-likeness (QED) is 0.834. The van der Waals surface area contributed by atoms with Gasteiger partial charge in [-0.3, -0.25) is 4.79 Å². The summed E-state index contributed by atoms with van der Waals surface area (Å²) >= 11 is 0. The molecule has 25 heavy (non-hydrogen) atoms. The Balaban J connectivity index is 1.68. The van der Waals surface area contributed by atoms with Crippen LogP contribution in [0.15, 0.2) is 18.2 Å². The predicted octanol–water partition coefficient (Wildman–Crippen LogP) is 1.12. The Hall–Kier alpha value is -2.24. The third-order valence-corrected chi connectivity index (χ3v) is 5.71. The molecular weight excluding hydrogens is 322 g/mol. The molecule has 0 aliphatic heterocycles. The number of amides is 1. The number of ether oxygens (including phenoxy) is 2. The molecule has 6 nitrogen and oxygen atoms in total. The van der Waals surface area contributed by atoms with E-state index in [2.05, 4.69) is 5.32 Å². The minimum absolute atomic E-state index is 0.0758. The largest absolute Gasteiger partial charge is 0.550 e. The molecule has 2 bridgehead atoms. The highest BCUT2D eigenvalue weighted by molar-refractivity contribution is 5.85. The van der Waals surface area contributed by atoms with Crippen molar-refractivity contribution in [1.29, 1.82) is 0 Å². The van der Waals surface area contributed by atoms with Crippen molar-refractivity contribution in [1.82, 2.24) is 5.32 Å². The minimum Gasteiger partial charge on any atom is -0.550 e. The lowest BCUT2D eigenvalue weighted by Crippen LogP contribution is -2.54. The van der Waals surface area contributed by atoms with Crippen LogP contribution in [-0.2, 0) is 16.1 Å². The summed E-state index contributed by atoms with van der Waals surface area (Å²) in [5.74, 6) is -0.947. The van der Waals surface area contributed by atoms with Gasteiger partial charge in [0.15, 0.2) is 11.5 Å². The van der Waals surface area contributed by atoms with Crippen molar-refractivity contribution in [2.45, 2.75) is 32.2 Å². The summed E-state index contributed by atoms with van der Waals surface area (Å²) in [7, 11) is 3.13. The van der Waals surface area contributed by atoms with Crippen molar-refractivity contribution in [3.63, 3.8) is 0 Å². The van der Waals surface area contributed by atoms with Gasteiger partial charge in [0.05, 0.1) is 14.2 Å². The number of benzene rings is 1. The first-order valence-electron chi connectivity index (χ1n) is 8.74. The van der Waals surface area contributed by atoms with Crippen LogP contribution in [0.4, 0.5) is 0 Å². The van der Waals surface area contributed by atoms with Gasteiger partial charge in [-0.2, -0.15) is 0 Å². The average Bonchev–Trinajstić information content (AvgIpc) is 2.65. The third-order valence-electron chi connectivity index (χ3n) is 5.71. The van der Waals surface area contributed by atoms with Gasteiger partial charge in [0.1, 0.15) is 0 Å². The zero-order valence-electron chi connectivity index (χ0n) is 14.6. The molecule has 2 atom stereocenters. The second-order valence-electron chi connectivity index (χ2n) is 6.95. The Bertz CT molecular complexity index is 651. The maximum Gasteiger partial charge on any atom is 0.224 e. The lowest BCUT2D eigenvalue weighted by atomic mass is 9.58. The van der Waals surface area contributed by atoms with Gasteiger partial charge in [-0.1, -0.05) is 6.07 Å². The number of hydrogen-bond donors (Lipinski definition) is 1. The van der Waals surface area contributed by atoms with Crippen LogP contribution in [0.25, 0.3) is 0 Å². The van der Waals surface area contributed by atoms with Gasteiger partial charge < -0.3 is 24.7 Å². The zero-order valence-corrected chi connectivity index (χ0v) is 14.6. The molecule has 3 fully saturated rings. The molecule has 136 valence electrons. The maximum absolute atomic E-state index is 12.7. The van der Waals surface area contributed by atoms with Gasteiger partial charge in [-0.25, -0.2) is 0 Å². The average molecular weight is 346 g/mol. The summed E-state index contributed by atoms with van der Waals surface area (Å²) < 4.78 is 10.5. The summed E-state index contributed by atoms with van der Waals surface area (Å²) in [5, 5.41) is 14.5.